The molecule has 3 heterocycles. The Morgan fingerprint density at radius 1 is 0.444 bits per heavy atom. The predicted molar refractivity (Wildman–Crippen MR) is 294 cm³/mol. The van der Waals surface area contributed by atoms with Crippen molar-refractivity contribution in [1.29, 1.82) is 0 Å². The summed E-state index contributed by atoms with van der Waals surface area (Å²) in [6.45, 7) is 4.00. The van der Waals surface area contributed by atoms with E-state index in [2.05, 4.69) is 252 Å². The normalized spacial score (nSPS) is 15.9. The van der Waals surface area contributed by atoms with Crippen molar-refractivity contribution >= 4 is 44.7 Å². The summed E-state index contributed by atoms with van der Waals surface area (Å²) in [5.74, 6) is 1.92. The zero-order valence-electron chi connectivity index (χ0n) is 40.1. The molecule has 342 valence electrons. The minimum Gasteiger partial charge on any atom is -0.278 e. The first-order valence-corrected chi connectivity index (χ1v) is 25.3. The minimum atomic E-state index is -0.589. The van der Waals surface area contributed by atoms with Crippen LogP contribution in [0.3, 0.4) is 0 Å². The summed E-state index contributed by atoms with van der Waals surface area (Å²) in [6.07, 6.45) is 7.85. The molecule has 4 aliphatic rings. The standard InChI is InChI=1S/C65H43N5.C2H6/c1-2-22-43(23-3-1)64(51-31-10-4-25-45(51)46-26-5-11-32-52(46)64)44-24-20-21-42(41-44)61-66-62(69-57-37-16-8-29-49(57)50-30-9-17-38-58(50)69)68-63(67-61)70-59-39-18-14-35-55(59)65(56-36-15-19-40-60(56)70)53-33-12-6-27-47(53)48-28-7-13-34-54(48)65;1-2/h1-33,35-41,54H,34H2;1-2H3. The van der Waals surface area contributed by atoms with Gasteiger partial charge in [0, 0.05) is 22.3 Å². The molecule has 0 saturated carbocycles. The van der Waals surface area contributed by atoms with Gasteiger partial charge in [-0.25, -0.2) is 0 Å². The van der Waals surface area contributed by atoms with Crippen molar-refractivity contribution in [3.8, 4) is 28.5 Å². The van der Waals surface area contributed by atoms with Crippen molar-refractivity contribution in [3.05, 3.63) is 287 Å². The van der Waals surface area contributed by atoms with Gasteiger partial charge in [-0.2, -0.15) is 15.0 Å². The van der Waals surface area contributed by atoms with Crippen LogP contribution in [0.25, 0.3) is 55.8 Å². The largest absolute Gasteiger partial charge is 0.278 e. The van der Waals surface area contributed by atoms with Crippen molar-refractivity contribution in [3.63, 3.8) is 0 Å². The molecule has 2 aromatic heterocycles. The summed E-state index contributed by atoms with van der Waals surface area (Å²) in [5, 5.41) is 2.29. The first kappa shape index (κ1) is 42.0. The van der Waals surface area contributed by atoms with Gasteiger partial charge < -0.3 is 0 Å². The number of rotatable bonds is 5. The van der Waals surface area contributed by atoms with Gasteiger partial charge in [0.05, 0.1) is 33.2 Å². The number of aromatic nitrogens is 4. The van der Waals surface area contributed by atoms with Crippen LogP contribution in [-0.4, -0.2) is 19.5 Å². The van der Waals surface area contributed by atoms with Crippen molar-refractivity contribution in [1.82, 2.24) is 19.5 Å². The van der Waals surface area contributed by atoms with Crippen molar-refractivity contribution < 1.29 is 0 Å². The lowest BCUT2D eigenvalue weighted by molar-refractivity contribution is 0.480. The van der Waals surface area contributed by atoms with Crippen LogP contribution in [-0.2, 0) is 10.8 Å². The maximum absolute atomic E-state index is 5.66. The fraction of sp³-hybridized carbons (Fsp3) is 0.0896. The number of anilines is 3. The Morgan fingerprint density at radius 3 is 1.61 bits per heavy atom. The Hall–Kier alpha value is -8.93. The van der Waals surface area contributed by atoms with Crippen LogP contribution >= 0.6 is 0 Å². The summed E-state index contributed by atoms with van der Waals surface area (Å²) in [4.78, 5) is 19.1. The molecule has 1 atom stereocenters. The van der Waals surface area contributed by atoms with E-state index in [4.69, 9.17) is 15.0 Å². The monoisotopic (exact) mass is 923 g/mol. The number of allylic oxidation sites excluding steroid dienone is 4. The van der Waals surface area contributed by atoms with Gasteiger partial charge in [-0.1, -0.05) is 226 Å². The van der Waals surface area contributed by atoms with Crippen LogP contribution in [0.2, 0.25) is 0 Å². The molecule has 0 N–H and O–H groups in total. The summed E-state index contributed by atoms with van der Waals surface area (Å²) in [7, 11) is 0. The molecule has 1 unspecified atom stereocenters. The van der Waals surface area contributed by atoms with Crippen LogP contribution in [0, 0.1) is 5.92 Å². The molecule has 0 fully saturated rings. The molecule has 1 spiro atoms. The third-order valence-corrected chi connectivity index (χ3v) is 15.8. The molecule has 15 rings (SSSR count). The molecule has 0 amide bonds. The molecule has 0 saturated heterocycles. The van der Waals surface area contributed by atoms with Gasteiger partial charge in [0.2, 0.25) is 11.9 Å². The highest BCUT2D eigenvalue weighted by Crippen LogP contribution is 2.65. The van der Waals surface area contributed by atoms with E-state index in [1.165, 1.54) is 55.6 Å². The van der Waals surface area contributed by atoms with Crippen molar-refractivity contribution in [2.24, 2.45) is 5.92 Å². The van der Waals surface area contributed by atoms with E-state index in [1.54, 1.807) is 0 Å². The second-order valence-electron chi connectivity index (χ2n) is 19.0. The molecule has 1 aliphatic heterocycles. The van der Waals surface area contributed by atoms with E-state index in [0.29, 0.717) is 17.7 Å². The van der Waals surface area contributed by atoms with E-state index in [-0.39, 0.29) is 5.92 Å². The zero-order chi connectivity index (χ0) is 48.0. The average molecular weight is 924 g/mol. The van der Waals surface area contributed by atoms with E-state index in [9.17, 15) is 0 Å². The Labute approximate surface area is 419 Å². The molecule has 5 nitrogen and oxygen atoms in total. The highest BCUT2D eigenvalue weighted by atomic mass is 15.3. The molecule has 9 aromatic carbocycles. The SMILES string of the molecule is C1=CCC2C(=C1)c1ccccc1C21c2ccccc2N(c2nc(-c3cccc(C4(c5ccccc5)c5ccccc5-c5ccccc54)c3)nc(-n3c4ccccc4c4ccccc43)n2)c2ccccc21.CC. The Kier molecular flexibility index (Phi) is 9.52. The topological polar surface area (TPSA) is 46.8 Å². The van der Waals surface area contributed by atoms with Gasteiger partial charge in [-0.15, -0.1) is 0 Å². The predicted octanol–water partition coefficient (Wildman–Crippen LogP) is 16.1. The first-order chi connectivity index (χ1) is 35.7. The summed E-state index contributed by atoms with van der Waals surface area (Å²) in [5.41, 5.74) is 18.0. The van der Waals surface area contributed by atoms with Gasteiger partial charge in [0.15, 0.2) is 5.82 Å². The zero-order valence-corrected chi connectivity index (χ0v) is 40.1. The Morgan fingerprint density at radius 2 is 0.958 bits per heavy atom. The highest BCUT2D eigenvalue weighted by molar-refractivity contribution is 6.09. The Balaban J connectivity index is 0.00000238. The van der Waals surface area contributed by atoms with Crippen LogP contribution in [0.15, 0.2) is 243 Å². The van der Waals surface area contributed by atoms with Crippen molar-refractivity contribution in [2.75, 3.05) is 4.90 Å². The molecule has 0 radical (unpaired) electrons. The number of fused-ring (bicyclic) bond motifs is 15. The average Bonchev–Trinajstić information content (AvgIpc) is 4.07. The summed E-state index contributed by atoms with van der Waals surface area (Å²) >= 11 is 0. The molecular weight excluding hydrogens is 875 g/mol. The molecule has 3 aliphatic carbocycles. The molecule has 5 heteroatoms. The van der Waals surface area contributed by atoms with Crippen LogP contribution in [0.5, 0.6) is 0 Å². The van der Waals surface area contributed by atoms with Gasteiger partial charge in [0.25, 0.3) is 0 Å². The van der Waals surface area contributed by atoms with Gasteiger partial charge in [-0.3, -0.25) is 9.47 Å². The smallest absolute Gasteiger partial charge is 0.240 e. The van der Waals surface area contributed by atoms with Gasteiger partial charge in [0.1, 0.15) is 0 Å². The fourth-order valence-electron chi connectivity index (χ4n) is 13.2. The third kappa shape index (κ3) is 5.67. The van der Waals surface area contributed by atoms with Gasteiger partial charge >= 0.3 is 0 Å². The van der Waals surface area contributed by atoms with Crippen LogP contribution < -0.4 is 4.90 Å². The second-order valence-corrected chi connectivity index (χ2v) is 19.0. The first-order valence-electron chi connectivity index (χ1n) is 25.3. The highest BCUT2D eigenvalue weighted by Gasteiger charge is 2.56. The maximum atomic E-state index is 5.66. The number of hydrogen-bond acceptors (Lipinski definition) is 4. The molecular formula is C67H49N5. The number of nitrogens with zero attached hydrogens (tertiary/aromatic N) is 5. The fourth-order valence-corrected chi connectivity index (χ4v) is 13.2. The number of para-hydroxylation sites is 4. The summed E-state index contributed by atoms with van der Waals surface area (Å²) < 4.78 is 2.22. The summed E-state index contributed by atoms with van der Waals surface area (Å²) in [6, 6.07) is 81.9. The molecule has 11 aromatic rings. The minimum absolute atomic E-state index is 0.215. The molecule has 72 heavy (non-hydrogen) atoms. The quantitative estimate of drug-likeness (QED) is 0.173. The van der Waals surface area contributed by atoms with Crippen molar-refractivity contribution in [2.45, 2.75) is 31.1 Å². The number of hydrogen-bond donors (Lipinski definition) is 0. The second kappa shape index (κ2) is 16.3. The van der Waals surface area contributed by atoms with Crippen LogP contribution in [0.1, 0.15) is 64.8 Å². The van der Waals surface area contributed by atoms with E-state index >= 15 is 0 Å². The maximum Gasteiger partial charge on any atom is 0.240 e. The van der Waals surface area contributed by atoms with E-state index in [1.807, 2.05) is 13.8 Å². The lowest BCUT2D eigenvalue weighted by Crippen LogP contribution is -2.40. The Bertz CT molecular complexity index is 3880. The third-order valence-electron chi connectivity index (χ3n) is 15.8. The lowest BCUT2D eigenvalue weighted by atomic mass is 9.61. The van der Waals surface area contributed by atoms with Crippen LogP contribution in [0.4, 0.5) is 17.3 Å². The lowest BCUT2D eigenvalue weighted by Gasteiger charge is -2.46. The number of benzene rings is 9. The van der Waals surface area contributed by atoms with Gasteiger partial charge in [-0.05, 0) is 98.0 Å². The molecule has 0 bridgehead atoms. The van der Waals surface area contributed by atoms with E-state index in [0.717, 1.165) is 50.7 Å². The van der Waals surface area contributed by atoms with E-state index < -0.39 is 10.8 Å².